The molecule has 1 saturated carbocycles. The first-order valence-electron chi connectivity index (χ1n) is 5.70. The molecular formula is C13H13FN2O. The molecule has 88 valence electrons. The zero-order chi connectivity index (χ0) is 11.8. The minimum atomic E-state index is -0.351. The molecule has 0 unspecified atom stereocenters. The summed E-state index contributed by atoms with van der Waals surface area (Å²) in [6.07, 6.45) is 4.12. The van der Waals surface area contributed by atoms with Gasteiger partial charge in [-0.15, -0.1) is 0 Å². The predicted octanol–water partition coefficient (Wildman–Crippen LogP) is 2.74. The first-order chi connectivity index (χ1) is 8.22. The van der Waals surface area contributed by atoms with Gasteiger partial charge in [0.05, 0.1) is 24.0 Å². The van der Waals surface area contributed by atoms with E-state index in [4.69, 9.17) is 10.5 Å². The van der Waals surface area contributed by atoms with Crippen molar-refractivity contribution in [3.05, 3.63) is 30.2 Å². The summed E-state index contributed by atoms with van der Waals surface area (Å²) in [7, 11) is 0. The number of pyridine rings is 1. The van der Waals surface area contributed by atoms with Gasteiger partial charge in [-0.05, 0) is 37.0 Å². The Morgan fingerprint density at radius 3 is 2.94 bits per heavy atom. The maximum absolute atomic E-state index is 13.2. The van der Waals surface area contributed by atoms with Gasteiger partial charge in [-0.3, -0.25) is 4.98 Å². The van der Waals surface area contributed by atoms with Gasteiger partial charge < -0.3 is 10.5 Å². The Bertz CT molecular complexity index is 567. The second-order valence-electron chi connectivity index (χ2n) is 4.49. The van der Waals surface area contributed by atoms with Crippen LogP contribution in [0.1, 0.15) is 12.8 Å². The van der Waals surface area contributed by atoms with Crippen molar-refractivity contribution >= 4 is 16.6 Å². The molecule has 0 atom stereocenters. The van der Waals surface area contributed by atoms with E-state index in [2.05, 4.69) is 4.98 Å². The Morgan fingerprint density at radius 1 is 1.35 bits per heavy atom. The largest absolute Gasteiger partial charge is 0.492 e. The van der Waals surface area contributed by atoms with Crippen LogP contribution in [0.3, 0.4) is 0 Å². The van der Waals surface area contributed by atoms with Crippen LogP contribution >= 0.6 is 0 Å². The van der Waals surface area contributed by atoms with E-state index in [1.165, 1.54) is 25.0 Å². The van der Waals surface area contributed by atoms with Crippen LogP contribution < -0.4 is 10.5 Å². The lowest BCUT2D eigenvalue weighted by Crippen LogP contribution is -2.00. The van der Waals surface area contributed by atoms with Crippen molar-refractivity contribution in [2.24, 2.45) is 5.92 Å². The molecule has 0 radical (unpaired) electrons. The summed E-state index contributed by atoms with van der Waals surface area (Å²) in [5.41, 5.74) is 6.67. The first-order valence-corrected chi connectivity index (χ1v) is 5.70. The number of nitrogens with two attached hydrogens (primary N) is 1. The molecule has 0 spiro atoms. The molecule has 17 heavy (non-hydrogen) atoms. The molecule has 2 aromatic rings. The van der Waals surface area contributed by atoms with E-state index in [1.807, 2.05) is 0 Å². The lowest BCUT2D eigenvalue weighted by molar-refractivity contribution is 0.299. The van der Waals surface area contributed by atoms with E-state index in [9.17, 15) is 4.39 Å². The molecule has 0 bridgehead atoms. The Hall–Kier alpha value is -1.84. The second kappa shape index (κ2) is 3.87. The predicted molar refractivity (Wildman–Crippen MR) is 64.3 cm³/mol. The van der Waals surface area contributed by atoms with Crippen molar-refractivity contribution in [3.63, 3.8) is 0 Å². The third kappa shape index (κ3) is 2.16. The van der Waals surface area contributed by atoms with Crippen LogP contribution in [-0.2, 0) is 0 Å². The van der Waals surface area contributed by atoms with Crippen LogP contribution in [-0.4, -0.2) is 11.6 Å². The third-order valence-corrected chi connectivity index (χ3v) is 2.93. The lowest BCUT2D eigenvalue weighted by atomic mass is 10.2. The molecular weight excluding hydrogens is 219 g/mol. The number of fused-ring (bicyclic) bond motifs is 1. The molecule has 1 aliphatic rings. The number of ether oxygens (including phenoxy) is 1. The van der Waals surface area contributed by atoms with E-state index in [1.54, 1.807) is 12.3 Å². The van der Waals surface area contributed by atoms with E-state index in [0.29, 0.717) is 28.3 Å². The maximum Gasteiger partial charge on any atom is 0.138 e. The van der Waals surface area contributed by atoms with Crippen LogP contribution in [0, 0.1) is 11.7 Å². The third-order valence-electron chi connectivity index (χ3n) is 2.93. The van der Waals surface area contributed by atoms with Crippen LogP contribution in [0.15, 0.2) is 24.4 Å². The lowest BCUT2D eigenvalue weighted by Gasteiger charge is -2.07. The van der Waals surface area contributed by atoms with E-state index in [-0.39, 0.29) is 5.82 Å². The number of halogens is 1. The summed E-state index contributed by atoms with van der Waals surface area (Å²) in [5, 5.41) is 0.677. The summed E-state index contributed by atoms with van der Waals surface area (Å²) < 4.78 is 18.8. The van der Waals surface area contributed by atoms with Crippen molar-refractivity contribution < 1.29 is 9.13 Å². The monoisotopic (exact) mass is 232 g/mol. The highest BCUT2D eigenvalue weighted by atomic mass is 19.1. The number of hydrogen-bond acceptors (Lipinski definition) is 3. The quantitative estimate of drug-likeness (QED) is 0.828. The fraction of sp³-hybridized carbons (Fsp3) is 0.308. The Balaban J connectivity index is 1.93. The SMILES string of the molecule is Nc1cc(F)cc2cc(OCC3CC3)cnc12. The maximum atomic E-state index is 13.2. The van der Waals surface area contributed by atoms with Crippen molar-refractivity contribution in [1.82, 2.24) is 4.98 Å². The highest BCUT2D eigenvalue weighted by Crippen LogP contribution is 2.30. The fourth-order valence-corrected chi connectivity index (χ4v) is 1.80. The van der Waals surface area contributed by atoms with Crippen LogP contribution in [0.5, 0.6) is 5.75 Å². The van der Waals surface area contributed by atoms with Crippen LogP contribution in [0.25, 0.3) is 10.9 Å². The summed E-state index contributed by atoms with van der Waals surface area (Å²) in [5.74, 6) is 1.01. The second-order valence-corrected chi connectivity index (χ2v) is 4.49. The topological polar surface area (TPSA) is 48.1 Å². The highest BCUT2D eigenvalue weighted by Gasteiger charge is 2.21. The fourth-order valence-electron chi connectivity index (χ4n) is 1.80. The van der Waals surface area contributed by atoms with Gasteiger partial charge in [-0.25, -0.2) is 4.39 Å². The molecule has 3 nitrogen and oxygen atoms in total. The van der Waals surface area contributed by atoms with Crippen LogP contribution in [0.2, 0.25) is 0 Å². The zero-order valence-corrected chi connectivity index (χ0v) is 9.32. The van der Waals surface area contributed by atoms with Gasteiger partial charge >= 0.3 is 0 Å². The number of rotatable bonds is 3. The average Bonchev–Trinajstić information content (AvgIpc) is 3.09. The van der Waals surface area contributed by atoms with Gasteiger partial charge in [0.15, 0.2) is 0 Å². The number of hydrogen-bond donors (Lipinski definition) is 1. The molecule has 4 heteroatoms. The van der Waals surface area contributed by atoms with Crippen molar-refractivity contribution in [2.45, 2.75) is 12.8 Å². The number of nitrogens with zero attached hydrogens (tertiary/aromatic N) is 1. The molecule has 0 amide bonds. The minimum absolute atomic E-state index is 0.351. The normalized spacial score (nSPS) is 15.1. The molecule has 1 aromatic heterocycles. The molecule has 0 aliphatic heterocycles. The molecule has 1 fully saturated rings. The number of nitrogen functional groups attached to an aromatic ring is 1. The zero-order valence-electron chi connectivity index (χ0n) is 9.32. The average molecular weight is 232 g/mol. The number of anilines is 1. The summed E-state index contributed by atoms with van der Waals surface area (Å²) in [6.45, 7) is 0.720. The van der Waals surface area contributed by atoms with Gasteiger partial charge in [0.25, 0.3) is 0 Å². The standard InChI is InChI=1S/C13H13FN2O/c14-10-3-9-4-11(17-7-8-1-2-8)6-16-13(9)12(15)5-10/h3-6,8H,1-2,7,15H2. The molecule has 1 heterocycles. The van der Waals surface area contributed by atoms with Crippen LogP contribution in [0.4, 0.5) is 10.1 Å². The van der Waals surface area contributed by atoms with Gasteiger partial charge in [0.2, 0.25) is 0 Å². The van der Waals surface area contributed by atoms with E-state index >= 15 is 0 Å². The van der Waals surface area contributed by atoms with E-state index in [0.717, 1.165) is 6.61 Å². The molecule has 1 aromatic carbocycles. The first kappa shape index (κ1) is 10.3. The summed E-state index contributed by atoms with van der Waals surface area (Å²) >= 11 is 0. The van der Waals surface area contributed by atoms with Gasteiger partial charge in [0.1, 0.15) is 11.6 Å². The Morgan fingerprint density at radius 2 is 2.18 bits per heavy atom. The Labute approximate surface area is 98.4 Å². The minimum Gasteiger partial charge on any atom is -0.492 e. The van der Waals surface area contributed by atoms with Crippen molar-refractivity contribution in [1.29, 1.82) is 0 Å². The van der Waals surface area contributed by atoms with Gasteiger partial charge in [-0.2, -0.15) is 0 Å². The molecule has 3 rings (SSSR count). The van der Waals surface area contributed by atoms with Gasteiger partial charge in [-0.1, -0.05) is 0 Å². The van der Waals surface area contributed by atoms with Gasteiger partial charge in [0, 0.05) is 5.39 Å². The molecule has 2 N–H and O–H groups in total. The van der Waals surface area contributed by atoms with Crippen molar-refractivity contribution in [3.8, 4) is 5.75 Å². The Kier molecular flexibility index (Phi) is 2.35. The molecule has 1 aliphatic carbocycles. The molecule has 0 saturated heterocycles. The summed E-state index contributed by atoms with van der Waals surface area (Å²) in [4.78, 5) is 4.20. The highest BCUT2D eigenvalue weighted by molar-refractivity contribution is 5.89. The van der Waals surface area contributed by atoms with Crippen molar-refractivity contribution in [2.75, 3.05) is 12.3 Å². The summed E-state index contributed by atoms with van der Waals surface area (Å²) in [6, 6.07) is 4.48. The number of aromatic nitrogens is 1. The smallest absolute Gasteiger partial charge is 0.138 e. The van der Waals surface area contributed by atoms with E-state index < -0.39 is 0 Å². The number of benzene rings is 1.